The Morgan fingerprint density at radius 3 is 2.87 bits per heavy atom. The summed E-state index contributed by atoms with van der Waals surface area (Å²) >= 11 is 0. The fourth-order valence-corrected chi connectivity index (χ4v) is 1.58. The zero-order valence-electron chi connectivity index (χ0n) is 9.87. The van der Waals surface area contributed by atoms with E-state index in [4.69, 9.17) is 0 Å². The molecule has 1 unspecified atom stereocenters. The SMILES string of the molecule is CCCCCC(C)NCc1ccccn1. The second-order valence-electron chi connectivity index (χ2n) is 4.10. The van der Waals surface area contributed by atoms with Crippen LogP contribution in [-0.2, 0) is 6.54 Å². The predicted molar refractivity (Wildman–Crippen MR) is 64.7 cm³/mol. The van der Waals surface area contributed by atoms with Crippen molar-refractivity contribution in [3.8, 4) is 0 Å². The number of hydrogen-bond donors (Lipinski definition) is 1. The fraction of sp³-hybridized carbons (Fsp3) is 0.615. The van der Waals surface area contributed by atoms with Crippen molar-refractivity contribution in [1.82, 2.24) is 10.3 Å². The van der Waals surface area contributed by atoms with Crippen molar-refractivity contribution in [2.75, 3.05) is 0 Å². The van der Waals surface area contributed by atoms with Gasteiger partial charge in [-0.2, -0.15) is 0 Å². The normalized spacial score (nSPS) is 12.7. The molecule has 1 rings (SSSR count). The van der Waals surface area contributed by atoms with Gasteiger partial charge in [0.2, 0.25) is 0 Å². The molecular weight excluding hydrogens is 184 g/mol. The molecule has 2 nitrogen and oxygen atoms in total. The number of nitrogens with one attached hydrogen (secondary N) is 1. The first-order valence-corrected chi connectivity index (χ1v) is 5.96. The largest absolute Gasteiger partial charge is 0.309 e. The average Bonchev–Trinajstić information content (AvgIpc) is 2.28. The van der Waals surface area contributed by atoms with E-state index in [-0.39, 0.29) is 0 Å². The number of pyridine rings is 1. The van der Waals surface area contributed by atoms with Crippen molar-refractivity contribution >= 4 is 0 Å². The number of rotatable bonds is 7. The molecule has 15 heavy (non-hydrogen) atoms. The van der Waals surface area contributed by atoms with Crippen LogP contribution >= 0.6 is 0 Å². The molecule has 0 spiro atoms. The molecule has 0 aliphatic heterocycles. The topological polar surface area (TPSA) is 24.9 Å². The van der Waals surface area contributed by atoms with E-state index in [2.05, 4.69) is 30.2 Å². The van der Waals surface area contributed by atoms with E-state index >= 15 is 0 Å². The maximum atomic E-state index is 4.28. The summed E-state index contributed by atoms with van der Waals surface area (Å²) in [5.74, 6) is 0. The zero-order chi connectivity index (χ0) is 10.9. The highest BCUT2D eigenvalue weighted by molar-refractivity contribution is 5.02. The van der Waals surface area contributed by atoms with E-state index in [1.807, 2.05) is 18.3 Å². The first-order valence-electron chi connectivity index (χ1n) is 5.96. The van der Waals surface area contributed by atoms with Crippen LogP contribution in [0, 0.1) is 0 Å². The van der Waals surface area contributed by atoms with Crippen molar-refractivity contribution in [2.24, 2.45) is 0 Å². The number of hydrogen-bond acceptors (Lipinski definition) is 2. The molecule has 0 aromatic carbocycles. The Kier molecular flexibility index (Phi) is 6.02. The molecule has 2 heteroatoms. The second kappa shape index (κ2) is 7.41. The van der Waals surface area contributed by atoms with Gasteiger partial charge in [0, 0.05) is 18.8 Å². The Hall–Kier alpha value is -0.890. The average molecular weight is 206 g/mol. The Balaban J connectivity index is 2.14. The van der Waals surface area contributed by atoms with Gasteiger partial charge in [0.25, 0.3) is 0 Å². The van der Waals surface area contributed by atoms with Crippen LogP contribution in [0.1, 0.15) is 45.2 Å². The molecule has 0 radical (unpaired) electrons. The van der Waals surface area contributed by atoms with Gasteiger partial charge < -0.3 is 5.32 Å². The molecule has 0 fully saturated rings. The minimum atomic E-state index is 0.596. The lowest BCUT2D eigenvalue weighted by Crippen LogP contribution is -2.25. The lowest BCUT2D eigenvalue weighted by atomic mass is 10.1. The van der Waals surface area contributed by atoms with Crippen LogP contribution in [0.5, 0.6) is 0 Å². The minimum absolute atomic E-state index is 0.596. The molecule has 84 valence electrons. The van der Waals surface area contributed by atoms with Crippen LogP contribution in [0.2, 0.25) is 0 Å². The third-order valence-electron chi connectivity index (χ3n) is 2.60. The van der Waals surface area contributed by atoms with Gasteiger partial charge in [0.1, 0.15) is 0 Å². The molecule has 0 aliphatic carbocycles. The van der Waals surface area contributed by atoms with Gasteiger partial charge in [0.15, 0.2) is 0 Å². The predicted octanol–water partition coefficient (Wildman–Crippen LogP) is 3.14. The quantitative estimate of drug-likeness (QED) is 0.693. The fourth-order valence-electron chi connectivity index (χ4n) is 1.58. The van der Waals surface area contributed by atoms with E-state index < -0.39 is 0 Å². The Morgan fingerprint density at radius 2 is 2.20 bits per heavy atom. The summed E-state index contributed by atoms with van der Waals surface area (Å²) in [5.41, 5.74) is 1.12. The smallest absolute Gasteiger partial charge is 0.0541 e. The first-order chi connectivity index (χ1) is 7.33. The van der Waals surface area contributed by atoms with E-state index in [1.165, 1.54) is 25.7 Å². The summed E-state index contributed by atoms with van der Waals surface area (Å²) in [6, 6.07) is 6.64. The molecule has 1 aromatic heterocycles. The number of unbranched alkanes of at least 4 members (excludes halogenated alkanes) is 2. The standard InChI is InChI=1S/C13H22N2/c1-3-4-5-8-12(2)15-11-13-9-6-7-10-14-13/h6-7,9-10,12,15H,3-5,8,11H2,1-2H3. The van der Waals surface area contributed by atoms with Crippen LogP contribution in [0.3, 0.4) is 0 Å². The number of aromatic nitrogens is 1. The molecule has 0 bridgehead atoms. The molecule has 1 aromatic rings. The minimum Gasteiger partial charge on any atom is -0.309 e. The summed E-state index contributed by atoms with van der Waals surface area (Å²) in [6.07, 6.45) is 7.08. The van der Waals surface area contributed by atoms with E-state index in [0.717, 1.165) is 12.2 Å². The van der Waals surface area contributed by atoms with Gasteiger partial charge in [-0.25, -0.2) is 0 Å². The van der Waals surface area contributed by atoms with E-state index in [1.54, 1.807) is 0 Å². The van der Waals surface area contributed by atoms with Crippen LogP contribution in [-0.4, -0.2) is 11.0 Å². The van der Waals surface area contributed by atoms with Crippen molar-refractivity contribution in [3.63, 3.8) is 0 Å². The molecule has 1 N–H and O–H groups in total. The van der Waals surface area contributed by atoms with Crippen LogP contribution in [0.15, 0.2) is 24.4 Å². The van der Waals surface area contributed by atoms with Crippen LogP contribution < -0.4 is 5.32 Å². The Bertz CT molecular complexity index is 246. The van der Waals surface area contributed by atoms with Crippen molar-refractivity contribution < 1.29 is 0 Å². The van der Waals surface area contributed by atoms with Crippen LogP contribution in [0.4, 0.5) is 0 Å². The maximum Gasteiger partial charge on any atom is 0.0541 e. The highest BCUT2D eigenvalue weighted by atomic mass is 14.9. The molecule has 0 saturated carbocycles. The molecule has 0 amide bonds. The monoisotopic (exact) mass is 206 g/mol. The lowest BCUT2D eigenvalue weighted by Gasteiger charge is -2.12. The molecular formula is C13H22N2. The highest BCUT2D eigenvalue weighted by Gasteiger charge is 2.00. The molecule has 0 saturated heterocycles. The van der Waals surface area contributed by atoms with Gasteiger partial charge in [-0.05, 0) is 25.5 Å². The molecule has 1 heterocycles. The lowest BCUT2D eigenvalue weighted by molar-refractivity contribution is 0.484. The van der Waals surface area contributed by atoms with Gasteiger partial charge in [0.05, 0.1) is 5.69 Å². The summed E-state index contributed by atoms with van der Waals surface area (Å²) in [5, 5.41) is 3.50. The van der Waals surface area contributed by atoms with E-state index in [0.29, 0.717) is 6.04 Å². The summed E-state index contributed by atoms with van der Waals surface area (Å²) in [7, 11) is 0. The highest BCUT2D eigenvalue weighted by Crippen LogP contribution is 2.03. The van der Waals surface area contributed by atoms with Crippen molar-refractivity contribution in [1.29, 1.82) is 0 Å². The summed E-state index contributed by atoms with van der Waals surface area (Å²) < 4.78 is 0. The molecule has 0 aliphatic rings. The van der Waals surface area contributed by atoms with Gasteiger partial charge >= 0.3 is 0 Å². The van der Waals surface area contributed by atoms with Gasteiger partial charge in [-0.1, -0.05) is 32.3 Å². The number of nitrogens with zero attached hydrogens (tertiary/aromatic N) is 1. The Labute approximate surface area is 93.1 Å². The third-order valence-corrected chi connectivity index (χ3v) is 2.60. The van der Waals surface area contributed by atoms with Gasteiger partial charge in [-0.3, -0.25) is 4.98 Å². The van der Waals surface area contributed by atoms with E-state index in [9.17, 15) is 0 Å². The van der Waals surface area contributed by atoms with Crippen molar-refractivity contribution in [3.05, 3.63) is 30.1 Å². The first kappa shape index (κ1) is 12.2. The van der Waals surface area contributed by atoms with Crippen LogP contribution in [0.25, 0.3) is 0 Å². The van der Waals surface area contributed by atoms with Crippen molar-refractivity contribution in [2.45, 2.75) is 52.1 Å². The zero-order valence-corrected chi connectivity index (χ0v) is 9.87. The summed E-state index contributed by atoms with van der Waals surface area (Å²) in [4.78, 5) is 4.28. The Morgan fingerprint density at radius 1 is 1.33 bits per heavy atom. The van der Waals surface area contributed by atoms with Gasteiger partial charge in [-0.15, -0.1) is 0 Å². The molecule has 1 atom stereocenters. The third kappa shape index (κ3) is 5.53. The summed E-state index contributed by atoms with van der Waals surface area (Å²) in [6.45, 7) is 5.37. The maximum absolute atomic E-state index is 4.28. The second-order valence-corrected chi connectivity index (χ2v) is 4.10.